The van der Waals surface area contributed by atoms with E-state index in [-0.39, 0.29) is 11.5 Å². The fraction of sp³-hybridized carbons (Fsp3) is 0.143. The van der Waals surface area contributed by atoms with Gasteiger partial charge in [0, 0.05) is 24.0 Å². The van der Waals surface area contributed by atoms with Gasteiger partial charge in [-0.05, 0) is 37.3 Å². The molecule has 1 N–H and O–H groups in total. The highest BCUT2D eigenvalue weighted by Gasteiger charge is 2.30. The van der Waals surface area contributed by atoms with Crippen LogP contribution in [-0.2, 0) is 10.4 Å². The second-order valence-electron chi connectivity index (χ2n) is 6.57. The monoisotopic (exact) mass is 374 g/mol. The summed E-state index contributed by atoms with van der Waals surface area (Å²) >= 11 is 0. The molecule has 140 valence electrons. The second kappa shape index (κ2) is 6.86. The maximum atomic E-state index is 12.9. The first-order valence-corrected chi connectivity index (χ1v) is 8.81. The molecule has 0 radical (unpaired) electrons. The fourth-order valence-corrected chi connectivity index (χ4v) is 3.11. The summed E-state index contributed by atoms with van der Waals surface area (Å²) in [6.07, 6.45) is 9.07. The van der Waals surface area contributed by atoms with Gasteiger partial charge in [-0.1, -0.05) is 24.3 Å². The van der Waals surface area contributed by atoms with Crippen molar-refractivity contribution in [2.24, 2.45) is 0 Å². The summed E-state index contributed by atoms with van der Waals surface area (Å²) in [4.78, 5) is 31.0. The zero-order valence-corrected chi connectivity index (χ0v) is 15.1. The van der Waals surface area contributed by atoms with E-state index in [0.29, 0.717) is 11.1 Å². The number of rotatable bonds is 3. The highest BCUT2D eigenvalue weighted by atomic mass is 16.3. The van der Waals surface area contributed by atoms with Gasteiger partial charge in [0.2, 0.25) is 0 Å². The molecule has 3 heterocycles. The van der Waals surface area contributed by atoms with Crippen molar-refractivity contribution < 1.29 is 9.90 Å². The van der Waals surface area contributed by atoms with Gasteiger partial charge in [0.15, 0.2) is 0 Å². The zero-order valence-electron chi connectivity index (χ0n) is 15.1. The van der Waals surface area contributed by atoms with E-state index in [1.807, 2.05) is 6.07 Å². The minimum Gasteiger partial charge on any atom is -0.376 e. The molecular weight excluding hydrogens is 356 g/mol. The molecule has 0 saturated carbocycles. The van der Waals surface area contributed by atoms with Crippen molar-refractivity contribution in [3.05, 3.63) is 95.5 Å². The van der Waals surface area contributed by atoms with Gasteiger partial charge in [-0.3, -0.25) is 19.5 Å². The molecule has 1 aliphatic heterocycles. The predicted molar refractivity (Wildman–Crippen MR) is 104 cm³/mol. The highest BCUT2D eigenvalue weighted by Crippen LogP contribution is 2.26. The van der Waals surface area contributed by atoms with E-state index in [1.165, 1.54) is 34.1 Å². The van der Waals surface area contributed by atoms with Crippen LogP contribution in [0.2, 0.25) is 0 Å². The molecule has 3 aromatic rings. The first-order valence-electron chi connectivity index (χ1n) is 8.81. The third-order valence-corrected chi connectivity index (χ3v) is 4.75. The van der Waals surface area contributed by atoms with Crippen molar-refractivity contribution >= 4 is 16.7 Å². The smallest absolute Gasteiger partial charge is 0.275 e. The van der Waals surface area contributed by atoms with Crippen molar-refractivity contribution in [2.45, 2.75) is 18.6 Å². The van der Waals surface area contributed by atoms with Crippen LogP contribution in [0.25, 0.3) is 10.8 Å². The molecule has 0 fully saturated rings. The molecule has 2 aromatic heterocycles. The Kier molecular flexibility index (Phi) is 4.37. The number of aliphatic hydroxyl groups is 1. The summed E-state index contributed by atoms with van der Waals surface area (Å²) in [6, 6.07) is 11.5. The number of nitrogens with zero attached hydrogens (tertiary/aromatic N) is 4. The van der Waals surface area contributed by atoms with Crippen molar-refractivity contribution in [3.8, 4) is 0 Å². The summed E-state index contributed by atoms with van der Waals surface area (Å²) in [7, 11) is 0. The summed E-state index contributed by atoms with van der Waals surface area (Å²) in [5.74, 6) is -0.347. The van der Waals surface area contributed by atoms with Gasteiger partial charge in [-0.15, -0.1) is 0 Å². The van der Waals surface area contributed by atoms with Gasteiger partial charge < -0.3 is 5.11 Å². The van der Waals surface area contributed by atoms with Crippen molar-refractivity contribution in [2.75, 3.05) is 0 Å². The zero-order chi connectivity index (χ0) is 19.7. The largest absolute Gasteiger partial charge is 0.376 e. The van der Waals surface area contributed by atoms with E-state index >= 15 is 0 Å². The second-order valence-corrected chi connectivity index (χ2v) is 6.57. The Morgan fingerprint density at radius 2 is 1.82 bits per heavy atom. The Morgan fingerprint density at radius 3 is 2.54 bits per heavy atom. The normalized spacial score (nSPS) is 16.3. The molecule has 0 spiro atoms. The molecule has 4 rings (SSSR count). The fourth-order valence-electron chi connectivity index (χ4n) is 3.11. The minimum atomic E-state index is -1.39. The van der Waals surface area contributed by atoms with Crippen LogP contribution >= 0.6 is 0 Å². The van der Waals surface area contributed by atoms with Crippen LogP contribution in [-0.4, -0.2) is 30.7 Å². The van der Waals surface area contributed by atoms with Gasteiger partial charge in [0.1, 0.15) is 11.6 Å². The number of fused-ring (bicyclic) bond motifs is 1. The number of hydrogen-bond acceptors (Lipinski definition) is 5. The van der Waals surface area contributed by atoms with Crippen LogP contribution in [0.4, 0.5) is 0 Å². The van der Waals surface area contributed by atoms with E-state index in [4.69, 9.17) is 0 Å². The molecule has 0 saturated heterocycles. The van der Waals surface area contributed by atoms with Crippen molar-refractivity contribution in [3.63, 3.8) is 0 Å². The topological polar surface area (TPSA) is 88.3 Å². The Morgan fingerprint density at radius 1 is 1.11 bits per heavy atom. The van der Waals surface area contributed by atoms with E-state index in [9.17, 15) is 14.7 Å². The standard InChI is InChI=1S/C21H18N4O3/c1-15(25-20(27)17-7-3-2-6-16(17)14-23-25)19(26)24-12-9-21(28,10-13-24)18-8-4-5-11-22-18/h2-15,28H,1H3. The van der Waals surface area contributed by atoms with Gasteiger partial charge in [-0.2, -0.15) is 5.10 Å². The summed E-state index contributed by atoms with van der Waals surface area (Å²) < 4.78 is 1.17. The lowest BCUT2D eigenvalue weighted by atomic mass is 9.97. The number of amides is 1. The third-order valence-electron chi connectivity index (χ3n) is 4.75. The van der Waals surface area contributed by atoms with Gasteiger partial charge >= 0.3 is 0 Å². The first-order chi connectivity index (χ1) is 13.5. The maximum Gasteiger partial charge on any atom is 0.275 e. The first kappa shape index (κ1) is 17.8. The van der Waals surface area contributed by atoms with E-state index < -0.39 is 11.6 Å². The van der Waals surface area contributed by atoms with E-state index in [2.05, 4.69) is 10.1 Å². The molecule has 7 nitrogen and oxygen atoms in total. The average Bonchev–Trinajstić information content (AvgIpc) is 2.74. The molecule has 28 heavy (non-hydrogen) atoms. The quantitative estimate of drug-likeness (QED) is 0.759. The van der Waals surface area contributed by atoms with Crippen LogP contribution in [0.1, 0.15) is 18.7 Å². The van der Waals surface area contributed by atoms with Gasteiger partial charge in [0.25, 0.3) is 11.5 Å². The summed E-state index contributed by atoms with van der Waals surface area (Å²) in [5.41, 5.74) is -1.26. The lowest BCUT2D eigenvalue weighted by molar-refractivity contribution is -0.130. The molecule has 0 aliphatic carbocycles. The molecule has 0 bridgehead atoms. The van der Waals surface area contributed by atoms with Crippen molar-refractivity contribution in [1.29, 1.82) is 0 Å². The lowest BCUT2D eigenvalue weighted by Crippen LogP contribution is -2.37. The molecule has 1 amide bonds. The molecular formula is C21H18N4O3. The number of carbonyl (C=O) groups excluding carboxylic acids is 1. The molecule has 1 unspecified atom stereocenters. The van der Waals surface area contributed by atoms with Gasteiger partial charge in [0.05, 0.1) is 17.3 Å². The summed E-state index contributed by atoms with van der Waals surface area (Å²) in [5, 5.41) is 16.1. The minimum absolute atomic E-state index is 0.325. The third kappa shape index (κ3) is 3.01. The number of hydrogen-bond donors (Lipinski definition) is 1. The molecule has 1 aliphatic rings. The Balaban J connectivity index is 1.59. The van der Waals surface area contributed by atoms with Gasteiger partial charge in [-0.25, -0.2) is 4.68 Å². The van der Waals surface area contributed by atoms with Crippen LogP contribution < -0.4 is 5.56 Å². The molecule has 7 heteroatoms. The SMILES string of the molecule is CC(C(=O)N1C=CC(O)(c2ccccn2)C=C1)n1ncc2ccccc2c1=O. The number of aromatic nitrogens is 3. The van der Waals surface area contributed by atoms with Crippen molar-refractivity contribution in [1.82, 2.24) is 19.7 Å². The number of pyridine rings is 1. The van der Waals surface area contributed by atoms with Crippen LogP contribution in [0.15, 0.2) is 84.2 Å². The Bertz CT molecular complexity index is 1140. The van der Waals surface area contributed by atoms with E-state index in [0.717, 1.165) is 5.39 Å². The van der Waals surface area contributed by atoms with Crippen LogP contribution in [0, 0.1) is 0 Å². The Hall–Kier alpha value is -3.58. The van der Waals surface area contributed by atoms with Crippen LogP contribution in [0.3, 0.4) is 0 Å². The number of benzene rings is 1. The van der Waals surface area contributed by atoms with E-state index in [1.54, 1.807) is 55.7 Å². The summed E-state index contributed by atoms with van der Waals surface area (Å²) in [6.45, 7) is 1.62. The highest BCUT2D eigenvalue weighted by molar-refractivity contribution is 5.84. The average molecular weight is 374 g/mol. The number of carbonyl (C=O) groups is 1. The van der Waals surface area contributed by atoms with Crippen LogP contribution in [0.5, 0.6) is 0 Å². The lowest BCUT2D eigenvalue weighted by Gasteiger charge is -2.28. The maximum absolute atomic E-state index is 12.9. The molecule has 1 atom stereocenters. The Labute approximate surface area is 160 Å². The molecule has 1 aromatic carbocycles. The predicted octanol–water partition coefficient (Wildman–Crippen LogP) is 2.11.